The maximum Gasteiger partial charge on any atom is 0.292 e. The molecule has 0 fully saturated rings. The van der Waals surface area contributed by atoms with Gasteiger partial charge in [-0.25, -0.2) is 0 Å². The van der Waals surface area contributed by atoms with E-state index in [2.05, 4.69) is 5.32 Å². The SMILES string of the molecule is CCC(C)(C)Nc1cc(Oc2ccc(Cl)cc2Cl)ccc1[N+](=O)[O-]. The van der Waals surface area contributed by atoms with E-state index in [1.54, 1.807) is 24.3 Å². The van der Waals surface area contributed by atoms with Crippen molar-refractivity contribution in [1.29, 1.82) is 0 Å². The molecule has 2 rings (SSSR count). The lowest BCUT2D eigenvalue weighted by Gasteiger charge is -2.26. The van der Waals surface area contributed by atoms with Gasteiger partial charge in [0.15, 0.2) is 0 Å². The van der Waals surface area contributed by atoms with Crippen LogP contribution in [0.2, 0.25) is 10.0 Å². The van der Waals surface area contributed by atoms with Crippen molar-refractivity contribution in [3.63, 3.8) is 0 Å². The second-order valence-electron chi connectivity index (χ2n) is 5.98. The van der Waals surface area contributed by atoms with Crippen LogP contribution >= 0.6 is 23.2 Å². The van der Waals surface area contributed by atoms with Gasteiger partial charge in [-0.2, -0.15) is 0 Å². The Morgan fingerprint density at radius 3 is 2.50 bits per heavy atom. The van der Waals surface area contributed by atoms with Crippen molar-refractivity contribution in [2.45, 2.75) is 32.7 Å². The van der Waals surface area contributed by atoms with Crippen molar-refractivity contribution in [3.05, 3.63) is 56.6 Å². The number of rotatable bonds is 6. The number of nitro benzene ring substituents is 1. The second-order valence-corrected chi connectivity index (χ2v) is 6.82. The number of anilines is 1. The van der Waals surface area contributed by atoms with E-state index in [4.69, 9.17) is 27.9 Å². The predicted octanol–water partition coefficient (Wildman–Crippen LogP) is 6.29. The summed E-state index contributed by atoms with van der Waals surface area (Å²) in [6, 6.07) is 9.42. The summed E-state index contributed by atoms with van der Waals surface area (Å²) in [5, 5.41) is 15.3. The highest BCUT2D eigenvalue weighted by molar-refractivity contribution is 6.35. The molecule has 0 aliphatic heterocycles. The van der Waals surface area contributed by atoms with Crippen molar-refractivity contribution in [2.24, 2.45) is 0 Å². The lowest BCUT2D eigenvalue weighted by molar-refractivity contribution is -0.384. The molecule has 24 heavy (non-hydrogen) atoms. The molecule has 7 heteroatoms. The highest BCUT2D eigenvalue weighted by atomic mass is 35.5. The van der Waals surface area contributed by atoms with E-state index in [0.717, 1.165) is 6.42 Å². The number of benzene rings is 2. The van der Waals surface area contributed by atoms with E-state index in [1.165, 1.54) is 12.1 Å². The van der Waals surface area contributed by atoms with Crippen LogP contribution in [0.25, 0.3) is 0 Å². The molecule has 0 bridgehead atoms. The molecular formula is C17H18Cl2N2O3. The molecule has 0 aliphatic rings. The summed E-state index contributed by atoms with van der Waals surface area (Å²) in [4.78, 5) is 10.8. The molecule has 2 aromatic carbocycles. The smallest absolute Gasteiger partial charge is 0.292 e. The molecule has 0 spiro atoms. The summed E-state index contributed by atoms with van der Waals surface area (Å²) in [5.41, 5.74) is 0.0990. The number of nitro groups is 1. The Labute approximate surface area is 150 Å². The van der Waals surface area contributed by atoms with Crippen LogP contribution in [-0.4, -0.2) is 10.5 Å². The Balaban J connectivity index is 2.36. The molecule has 1 N–H and O–H groups in total. The molecule has 0 radical (unpaired) electrons. The van der Waals surface area contributed by atoms with E-state index in [-0.39, 0.29) is 11.2 Å². The average Bonchev–Trinajstić information content (AvgIpc) is 2.49. The van der Waals surface area contributed by atoms with Crippen molar-refractivity contribution in [3.8, 4) is 11.5 Å². The topological polar surface area (TPSA) is 64.4 Å². The Hall–Kier alpha value is -1.98. The first-order valence-corrected chi connectivity index (χ1v) is 8.17. The van der Waals surface area contributed by atoms with Gasteiger partial charge in [-0.15, -0.1) is 0 Å². The number of nitrogens with one attached hydrogen (secondary N) is 1. The Morgan fingerprint density at radius 2 is 1.92 bits per heavy atom. The van der Waals surface area contributed by atoms with Gasteiger partial charge in [-0.1, -0.05) is 30.1 Å². The molecule has 0 saturated heterocycles. The van der Waals surface area contributed by atoms with Crippen molar-refractivity contribution in [1.82, 2.24) is 0 Å². The van der Waals surface area contributed by atoms with E-state index >= 15 is 0 Å². The molecule has 2 aromatic rings. The van der Waals surface area contributed by atoms with Gasteiger partial charge in [0.2, 0.25) is 0 Å². The normalized spacial score (nSPS) is 11.2. The average molecular weight is 369 g/mol. The van der Waals surface area contributed by atoms with Crippen LogP contribution in [0.4, 0.5) is 11.4 Å². The molecule has 0 atom stereocenters. The minimum absolute atomic E-state index is 0.00826. The minimum atomic E-state index is -0.423. The van der Waals surface area contributed by atoms with E-state index in [1.807, 2.05) is 20.8 Å². The molecule has 0 unspecified atom stereocenters. The van der Waals surface area contributed by atoms with Gasteiger partial charge in [-0.05, 0) is 44.5 Å². The number of ether oxygens (including phenoxy) is 1. The van der Waals surface area contributed by atoms with Crippen LogP contribution in [0.15, 0.2) is 36.4 Å². The minimum Gasteiger partial charge on any atom is -0.456 e. The summed E-state index contributed by atoms with van der Waals surface area (Å²) in [7, 11) is 0. The predicted molar refractivity (Wildman–Crippen MR) is 97.6 cm³/mol. The van der Waals surface area contributed by atoms with Gasteiger partial charge in [0.05, 0.1) is 9.95 Å². The van der Waals surface area contributed by atoms with Crippen LogP contribution in [-0.2, 0) is 0 Å². The Bertz CT molecular complexity index is 763. The summed E-state index contributed by atoms with van der Waals surface area (Å²) in [5.74, 6) is 0.870. The fraction of sp³-hybridized carbons (Fsp3) is 0.294. The zero-order valence-corrected chi connectivity index (χ0v) is 15.1. The van der Waals surface area contributed by atoms with E-state index in [0.29, 0.717) is 27.2 Å². The molecule has 0 saturated carbocycles. The van der Waals surface area contributed by atoms with Crippen molar-refractivity contribution >= 4 is 34.6 Å². The summed E-state index contributed by atoms with van der Waals surface area (Å²) in [6.07, 6.45) is 0.804. The first-order chi connectivity index (χ1) is 11.2. The zero-order chi connectivity index (χ0) is 17.9. The highest BCUT2D eigenvalue weighted by Crippen LogP contribution is 2.36. The third-order valence-corrected chi connectivity index (χ3v) is 4.17. The van der Waals surface area contributed by atoms with Gasteiger partial charge in [-0.3, -0.25) is 10.1 Å². The van der Waals surface area contributed by atoms with Crippen LogP contribution in [0.3, 0.4) is 0 Å². The number of halogens is 2. The first kappa shape index (κ1) is 18.4. The molecular weight excluding hydrogens is 351 g/mol. The largest absolute Gasteiger partial charge is 0.456 e. The van der Waals surface area contributed by atoms with Crippen LogP contribution in [0, 0.1) is 10.1 Å². The third kappa shape index (κ3) is 4.52. The van der Waals surface area contributed by atoms with Gasteiger partial charge >= 0.3 is 0 Å². The zero-order valence-electron chi connectivity index (χ0n) is 13.6. The monoisotopic (exact) mass is 368 g/mol. The maximum absolute atomic E-state index is 11.2. The maximum atomic E-state index is 11.2. The van der Waals surface area contributed by atoms with Crippen molar-refractivity contribution in [2.75, 3.05) is 5.32 Å². The summed E-state index contributed by atoms with van der Waals surface area (Å²) < 4.78 is 5.73. The first-order valence-electron chi connectivity index (χ1n) is 7.41. The van der Waals surface area contributed by atoms with Gasteiger partial charge in [0, 0.05) is 22.7 Å². The molecule has 5 nitrogen and oxygen atoms in total. The van der Waals surface area contributed by atoms with E-state index in [9.17, 15) is 10.1 Å². The Kier molecular flexibility index (Phi) is 5.57. The van der Waals surface area contributed by atoms with Gasteiger partial charge < -0.3 is 10.1 Å². The lowest BCUT2D eigenvalue weighted by atomic mass is 10.0. The number of hydrogen-bond donors (Lipinski definition) is 1. The van der Waals surface area contributed by atoms with Crippen LogP contribution in [0.1, 0.15) is 27.2 Å². The lowest BCUT2D eigenvalue weighted by Crippen LogP contribution is -2.29. The molecule has 128 valence electrons. The second kappa shape index (κ2) is 7.28. The number of hydrogen-bond acceptors (Lipinski definition) is 4. The molecule has 0 aromatic heterocycles. The summed E-state index contributed by atoms with van der Waals surface area (Å²) in [6.45, 7) is 5.95. The summed E-state index contributed by atoms with van der Waals surface area (Å²) >= 11 is 12.0. The third-order valence-electron chi connectivity index (χ3n) is 3.64. The molecule has 0 aliphatic carbocycles. The van der Waals surface area contributed by atoms with Crippen molar-refractivity contribution < 1.29 is 9.66 Å². The molecule has 0 heterocycles. The quantitative estimate of drug-likeness (QED) is 0.480. The van der Waals surface area contributed by atoms with Gasteiger partial charge in [0.25, 0.3) is 5.69 Å². The standard InChI is InChI=1S/C17H18Cl2N2O3/c1-4-17(2,3)20-14-10-12(6-7-15(14)21(22)23)24-16-8-5-11(18)9-13(16)19/h5-10,20H,4H2,1-3H3. The molecule has 0 amide bonds. The van der Waals surface area contributed by atoms with E-state index < -0.39 is 4.92 Å². The van der Waals surface area contributed by atoms with Gasteiger partial charge in [0.1, 0.15) is 17.2 Å². The number of nitrogens with zero attached hydrogens (tertiary/aromatic N) is 1. The van der Waals surface area contributed by atoms with Crippen LogP contribution < -0.4 is 10.1 Å². The Morgan fingerprint density at radius 1 is 1.21 bits per heavy atom. The fourth-order valence-corrected chi connectivity index (χ4v) is 2.42. The highest BCUT2D eigenvalue weighted by Gasteiger charge is 2.22. The fourth-order valence-electron chi connectivity index (χ4n) is 1.98. The van der Waals surface area contributed by atoms with Crippen LogP contribution in [0.5, 0.6) is 11.5 Å².